The van der Waals surface area contributed by atoms with E-state index in [2.05, 4.69) is 10.6 Å². The second-order valence-corrected chi connectivity index (χ2v) is 5.42. The fraction of sp³-hybridized carbons (Fsp3) is 0.929. The molecule has 18 heavy (non-hydrogen) atoms. The van der Waals surface area contributed by atoms with Crippen molar-refractivity contribution >= 4 is 5.91 Å². The third-order valence-corrected chi connectivity index (χ3v) is 3.90. The predicted octanol–water partition coefficient (Wildman–Crippen LogP) is 1.59. The Labute approximate surface area is 110 Å². The lowest BCUT2D eigenvalue weighted by Gasteiger charge is -2.22. The van der Waals surface area contributed by atoms with E-state index in [1.165, 1.54) is 32.1 Å². The smallest absolute Gasteiger partial charge is 0.237 e. The number of ether oxygens (including phenoxy) is 1. The molecule has 0 unspecified atom stereocenters. The molecule has 4 heteroatoms. The van der Waals surface area contributed by atoms with Gasteiger partial charge in [-0.15, -0.1) is 0 Å². The molecule has 1 amide bonds. The molecule has 1 saturated heterocycles. The number of amides is 1. The number of nitrogens with one attached hydrogen (secondary N) is 2. The van der Waals surface area contributed by atoms with Crippen molar-refractivity contribution < 1.29 is 9.53 Å². The normalized spacial score (nSPS) is 25.2. The maximum atomic E-state index is 11.7. The van der Waals surface area contributed by atoms with Crippen LogP contribution >= 0.6 is 0 Å². The number of carbonyl (C=O) groups excluding carboxylic acids is 1. The van der Waals surface area contributed by atoms with Crippen molar-refractivity contribution in [3.8, 4) is 0 Å². The minimum atomic E-state index is 0.0456. The first-order valence-corrected chi connectivity index (χ1v) is 7.49. The summed E-state index contributed by atoms with van der Waals surface area (Å²) < 4.78 is 5.82. The summed E-state index contributed by atoms with van der Waals surface area (Å²) >= 11 is 0. The molecule has 0 bridgehead atoms. The Balaban J connectivity index is 1.46. The van der Waals surface area contributed by atoms with Crippen molar-refractivity contribution in [2.45, 2.75) is 63.5 Å². The molecule has 0 radical (unpaired) electrons. The van der Waals surface area contributed by atoms with Gasteiger partial charge in [-0.25, -0.2) is 0 Å². The first-order chi connectivity index (χ1) is 8.86. The molecule has 1 atom stereocenters. The van der Waals surface area contributed by atoms with Gasteiger partial charge in [-0.1, -0.05) is 19.3 Å². The molecule has 2 aliphatic rings. The van der Waals surface area contributed by atoms with Crippen LogP contribution in [-0.2, 0) is 9.53 Å². The number of hydrogen-bond donors (Lipinski definition) is 2. The van der Waals surface area contributed by atoms with E-state index in [4.69, 9.17) is 4.74 Å². The van der Waals surface area contributed by atoms with Crippen molar-refractivity contribution in [1.82, 2.24) is 10.6 Å². The number of rotatable bonds is 6. The Hall–Kier alpha value is -0.610. The predicted molar refractivity (Wildman–Crippen MR) is 71.5 cm³/mol. The zero-order valence-electron chi connectivity index (χ0n) is 11.2. The zero-order chi connectivity index (χ0) is 12.6. The van der Waals surface area contributed by atoms with Crippen LogP contribution in [0.15, 0.2) is 0 Å². The minimum Gasteiger partial charge on any atom is -0.378 e. The van der Waals surface area contributed by atoms with E-state index in [1.807, 2.05) is 0 Å². The largest absolute Gasteiger partial charge is 0.378 e. The van der Waals surface area contributed by atoms with Crippen LogP contribution in [0.2, 0.25) is 0 Å². The van der Waals surface area contributed by atoms with E-state index in [0.717, 1.165) is 39.0 Å². The molecule has 0 aromatic carbocycles. The topological polar surface area (TPSA) is 50.4 Å². The van der Waals surface area contributed by atoms with Crippen LogP contribution in [0.1, 0.15) is 51.4 Å². The third-order valence-electron chi connectivity index (χ3n) is 3.90. The van der Waals surface area contributed by atoms with Crippen molar-refractivity contribution in [3.63, 3.8) is 0 Å². The van der Waals surface area contributed by atoms with Crippen LogP contribution in [0.3, 0.4) is 0 Å². The van der Waals surface area contributed by atoms with Crippen molar-refractivity contribution in [2.75, 3.05) is 19.7 Å². The molecule has 1 heterocycles. The van der Waals surface area contributed by atoms with Gasteiger partial charge in [-0.2, -0.15) is 0 Å². The molecule has 1 aliphatic heterocycles. The van der Waals surface area contributed by atoms with Crippen LogP contribution in [0.4, 0.5) is 0 Å². The van der Waals surface area contributed by atoms with Gasteiger partial charge in [-0.3, -0.25) is 4.79 Å². The molecular weight excluding hydrogens is 228 g/mol. The Morgan fingerprint density at radius 2 is 2.00 bits per heavy atom. The first kappa shape index (κ1) is 13.8. The maximum Gasteiger partial charge on any atom is 0.237 e. The third kappa shape index (κ3) is 4.58. The molecule has 0 aromatic rings. The lowest BCUT2D eigenvalue weighted by atomic mass is 9.98. The number of hydrogen-bond acceptors (Lipinski definition) is 3. The molecule has 0 aromatic heterocycles. The molecule has 2 rings (SSSR count). The molecule has 1 saturated carbocycles. The maximum absolute atomic E-state index is 11.7. The fourth-order valence-electron chi connectivity index (χ4n) is 2.80. The van der Waals surface area contributed by atoms with Crippen LogP contribution in [-0.4, -0.2) is 37.7 Å². The summed E-state index contributed by atoms with van der Waals surface area (Å²) in [4.78, 5) is 11.7. The monoisotopic (exact) mass is 254 g/mol. The van der Waals surface area contributed by atoms with Crippen LogP contribution in [0, 0.1) is 0 Å². The average Bonchev–Trinajstić information content (AvgIpc) is 2.93. The summed E-state index contributed by atoms with van der Waals surface area (Å²) in [7, 11) is 0. The van der Waals surface area contributed by atoms with Gasteiger partial charge in [0, 0.05) is 13.2 Å². The van der Waals surface area contributed by atoms with E-state index in [0.29, 0.717) is 6.10 Å². The average molecular weight is 254 g/mol. The van der Waals surface area contributed by atoms with Gasteiger partial charge in [0.25, 0.3) is 0 Å². The van der Waals surface area contributed by atoms with Crippen molar-refractivity contribution in [2.24, 2.45) is 0 Å². The van der Waals surface area contributed by atoms with E-state index in [1.54, 1.807) is 0 Å². The van der Waals surface area contributed by atoms with Crippen LogP contribution in [0.25, 0.3) is 0 Å². The van der Waals surface area contributed by atoms with E-state index < -0.39 is 0 Å². The van der Waals surface area contributed by atoms with Gasteiger partial charge in [0.2, 0.25) is 5.91 Å². The van der Waals surface area contributed by atoms with Gasteiger partial charge < -0.3 is 15.4 Å². The van der Waals surface area contributed by atoms with Crippen LogP contribution < -0.4 is 10.6 Å². The summed E-state index contributed by atoms with van der Waals surface area (Å²) in [6.07, 6.45) is 9.93. The summed E-state index contributed by atoms with van der Waals surface area (Å²) in [6.45, 7) is 2.50. The standard InChI is InChI=1S/C14H26N2O2/c17-14(13-8-4-9-15-13)16-10-5-11-18-12-6-2-1-3-7-12/h12-13,15H,1-11H2,(H,16,17)/t13-/m1/s1. The summed E-state index contributed by atoms with van der Waals surface area (Å²) in [5, 5.41) is 6.19. The molecular formula is C14H26N2O2. The van der Waals surface area contributed by atoms with E-state index >= 15 is 0 Å². The van der Waals surface area contributed by atoms with Crippen molar-refractivity contribution in [1.29, 1.82) is 0 Å². The number of carbonyl (C=O) groups is 1. The first-order valence-electron chi connectivity index (χ1n) is 7.49. The molecule has 2 N–H and O–H groups in total. The molecule has 2 fully saturated rings. The zero-order valence-corrected chi connectivity index (χ0v) is 11.2. The lowest BCUT2D eigenvalue weighted by Crippen LogP contribution is -2.40. The van der Waals surface area contributed by atoms with E-state index in [9.17, 15) is 4.79 Å². The second-order valence-electron chi connectivity index (χ2n) is 5.42. The fourth-order valence-corrected chi connectivity index (χ4v) is 2.80. The minimum absolute atomic E-state index is 0.0456. The van der Waals surface area contributed by atoms with Gasteiger partial charge in [-0.05, 0) is 38.6 Å². The summed E-state index contributed by atoms with van der Waals surface area (Å²) in [5.41, 5.74) is 0. The van der Waals surface area contributed by atoms with Gasteiger partial charge in [0.15, 0.2) is 0 Å². The molecule has 0 spiro atoms. The SMILES string of the molecule is O=C(NCCCOC1CCCCC1)[C@H]1CCCN1. The van der Waals surface area contributed by atoms with Gasteiger partial charge in [0.05, 0.1) is 12.1 Å². The van der Waals surface area contributed by atoms with E-state index in [-0.39, 0.29) is 11.9 Å². The highest BCUT2D eigenvalue weighted by atomic mass is 16.5. The Morgan fingerprint density at radius 1 is 1.17 bits per heavy atom. The Bertz CT molecular complexity index is 246. The van der Waals surface area contributed by atoms with Gasteiger partial charge in [0.1, 0.15) is 0 Å². The molecule has 104 valence electrons. The Kier molecular flexibility index (Phi) is 5.94. The lowest BCUT2D eigenvalue weighted by molar-refractivity contribution is -0.122. The second kappa shape index (κ2) is 7.74. The van der Waals surface area contributed by atoms with Crippen LogP contribution in [0.5, 0.6) is 0 Å². The Morgan fingerprint density at radius 3 is 2.72 bits per heavy atom. The van der Waals surface area contributed by atoms with Gasteiger partial charge >= 0.3 is 0 Å². The highest BCUT2D eigenvalue weighted by molar-refractivity contribution is 5.81. The highest BCUT2D eigenvalue weighted by Crippen LogP contribution is 2.20. The quantitative estimate of drug-likeness (QED) is 0.708. The van der Waals surface area contributed by atoms with Crippen molar-refractivity contribution in [3.05, 3.63) is 0 Å². The summed E-state index contributed by atoms with van der Waals surface area (Å²) in [6, 6.07) is 0.0456. The highest BCUT2D eigenvalue weighted by Gasteiger charge is 2.21. The molecule has 4 nitrogen and oxygen atoms in total. The molecule has 1 aliphatic carbocycles. The summed E-state index contributed by atoms with van der Waals surface area (Å²) in [5.74, 6) is 0.158.